The van der Waals surface area contributed by atoms with Crippen molar-refractivity contribution in [3.8, 4) is 5.82 Å². The van der Waals surface area contributed by atoms with Crippen LogP contribution in [0.4, 0.5) is 9.18 Å². The van der Waals surface area contributed by atoms with Crippen molar-refractivity contribution in [1.29, 1.82) is 0 Å². The van der Waals surface area contributed by atoms with Crippen LogP contribution in [0.25, 0.3) is 5.82 Å². The summed E-state index contributed by atoms with van der Waals surface area (Å²) in [5.74, 6) is 4.28. The summed E-state index contributed by atoms with van der Waals surface area (Å²) in [4.78, 5) is 47.2. The standard InChI is InChI=1S/C27H33FN6O4/c1-6-33-22(17-35)16-32(19(2)20-7-8-24(29-13-20)34-15-21(28)14-30-34)23(18-36)27(33)9-11-31(12-10-27)25(37)38-26(3,4)5/h7-8,13-15,19H,6,9-12,16H2,1-5H3/t19-/m0/s1. The SMILES string of the molecule is CCN1C(=C=O)CN([C@@H](C)c2ccc(-n3cc(F)cn3)nc2)C(=C=O)C12CCN(C(=O)OC(C)(C)C)CC2. The first-order valence-electron chi connectivity index (χ1n) is 12.7. The summed E-state index contributed by atoms with van der Waals surface area (Å²) >= 11 is 0. The van der Waals surface area contributed by atoms with Crippen LogP contribution >= 0.6 is 0 Å². The Morgan fingerprint density at radius 1 is 1.18 bits per heavy atom. The topological polar surface area (TPSA) is 101 Å². The highest BCUT2D eigenvalue weighted by molar-refractivity contribution is 5.69. The smallest absolute Gasteiger partial charge is 0.410 e. The number of rotatable bonds is 4. The van der Waals surface area contributed by atoms with Gasteiger partial charge < -0.3 is 19.4 Å². The van der Waals surface area contributed by atoms with Crippen molar-refractivity contribution in [1.82, 2.24) is 29.5 Å². The van der Waals surface area contributed by atoms with E-state index in [2.05, 4.69) is 22.0 Å². The molecule has 202 valence electrons. The number of likely N-dealkylation sites (N-methyl/N-ethyl adjacent to an activating group) is 1. The van der Waals surface area contributed by atoms with Crippen LogP contribution in [0, 0.1) is 5.82 Å². The second kappa shape index (κ2) is 10.4. The van der Waals surface area contributed by atoms with Crippen LogP contribution in [-0.2, 0) is 14.3 Å². The maximum Gasteiger partial charge on any atom is 0.410 e. The molecule has 11 heteroatoms. The number of carbonyl (C=O) groups excluding carboxylic acids is 3. The van der Waals surface area contributed by atoms with Gasteiger partial charge in [0.1, 0.15) is 28.9 Å². The monoisotopic (exact) mass is 524 g/mol. The molecule has 0 aliphatic carbocycles. The van der Waals surface area contributed by atoms with Crippen LogP contribution in [-0.4, -0.2) is 84.8 Å². The fourth-order valence-electron chi connectivity index (χ4n) is 5.32. The van der Waals surface area contributed by atoms with Gasteiger partial charge >= 0.3 is 6.09 Å². The van der Waals surface area contributed by atoms with Crippen molar-refractivity contribution in [3.05, 3.63) is 53.5 Å². The van der Waals surface area contributed by atoms with E-state index < -0.39 is 23.1 Å². The summed E-state index contributed by atoms with van der Waals surface area (Å²) in [6.45, 7) is 10.7. The Balaban J connectivity index is 1.62. The molecule has 4 heterocycles. The predicted octanol–water partition coefficient (Wildman–Crippen LogP) is 3.31. The van der Waals surface area contributed by atoms with Gasteiger partial charge in [-0.15, -0.1) is 0 Å². The van der Waals surface area contributed by atoms with Crippen molar-refractivity contribution >= 4 is 18.0 Å². The highest BCUT2D eigenvalue weighted by Crippen LogP contribution is 2.44. The van der Waals surface area contributed by atoms with Gasteiger partial charge in [0.2, 0.25) is 0 Å². The molecule has 38 heavy (non-hydrogen) atoms. The number of piperazine rings is 1. The third kappa shape index (κ3) is 5.08. The maximum absolute atomic E-state index is 13.4. The number of amides is 1. The minimum Gasteiger partial charge on any atom is -0.444 e. The van der Waals surface area contributed by atoms with E-state index in [0.717, 1.165) is 11.8 Å². The lowest BCUT2D eigenvalue weighted by Crippen LogP contribution is -2.64. The van der Waals surface area contributed by atoms with Crippen LogP contribution < -0.4 is 0 Å². The highest BCUT2D eigenvalue weighted by Gasteiger charge is 2.51. The fraction of sp³-hybridized carbons (Fsp3) is 0.519. The van der Waals surface area contributed by atoms with Gasteiger partial charge in [-0.3, -0.25) is 0 Å². The van der Waals surface area contributed by atoms with Crippen molar-refractivity contribution in [2.45, 2.75) is 64.6 Å². The van der Waals surface area contributed by atoms with Crippen molar-refractivity contribution in [3.63, 3.8) is 0 Å². The zero-order chi connectivity index (χ0) is 27.7. The number of pyridine rings is 1. The molecule has 10 nitrogen and oxygen atoms in total. The Morgan fingerprint density at radius 3 is 2.39 bits per heavy atom. The molecule has 2 fully saturated rings. The molecule has 4 rings (SSSR count). The number of nitrogens with zero attached hydrogens (tertiary/aromatic N) is 6. The highest BCUT2D eigenvalue weighted by atomic mass is 19.1. The number of aromatic nitrogens is 3. The van der Waals surface area contributed by atoms with Crippen LogP contribution in [0.2, 0.25) is 0 Å². The minimum absolute atomic E-state index is 0.187. The molecule has 0 aromatic carbocycles. The number of piperidine rings is 1. The lowest BCUT2D eigenvalue weighted by Gasteiger charge is -2.56. The van der Waals surface area contributed by atoms with Crippen molar-refractivity contribution in [2.75, 3.05) is 26.2 Å². The number of halogens is 1. The van der Waals surface area contributed by atoms with E-state index in [4.69, 9.17) is 4.74 Å². The van der Waals surface area contributed by atoms with E-state index in [-0.39, 0.29) is 12.6 Å². The van der Waals surface area contributed by atoms with Gasteiger partial charge in [0, 0.05) is 25.8 Å². The zero-order valence-corrected chi connectivity index (χ0v) is 22.4. The molecule has 0 saturated carbocycles. The molecule has 1 atom stereocenters. The molecule has 2 aromatic rings. The first kappa shape index (κ1) is 27.1. The van der Waals surface area contributed by atoms with Crippen molar-refractivity contribution < 1.29 is 23.5 Å². The molecule has 0 radical (unpaired) electrons. The zero-order valence-electron chi connectivity index (χ0n) is 22.4. The molecule has 0 bridgehead atoms. The van der Waals surface area contributed by atoms with Gasteiger partial charge in [-0.1, -0.05) is 6.07 Å². The summed E-state index contributed by atoms with van der Waals surface area (Å²) in [7, 11) is 0. The number of hydrogen-bond acceptors (Lipinski definition) is 8. The summed E-state index contributed by atoms with van der Waals surface area (Å²) in [5, 5.41) is 3.93. The molecule has 2 saturated heterocycles. The van der Waals surface area contributed by atoms with E-state index in [1.165, 1.54) is 10.9 Å². The van der Waals surface area contributed by atoms with E-state index in [1.54, 1.807) is 17.2 Å². The van der Waals surface area contributed by atoms with Crippen LogP contribution in [0.1, 0.15) is 59.1 Å². The van der Waals surface area contributed by atoms with E-state index in [1.807, 2.05) is 50.5 Å². The molecular weight excluding hydrogens is 491 g/mol. The van der Waals surface area contributed by atoms with Gasteiger partial charge in [-0.25, -0.2) is 28.4 Å². The van der Waals surface area contributed by atoms with Gasteiger partial charge in [-0.05, 0) is 59.1 Å². The normalized spacial score (nSPS) is 18.3. The average Bonchev–Trinajstić information content (AvgIpc) is 3.33. The Bertz CT molecular complexity index is 1280. The minimum atomic E-state index is -0.811. The first-order valence-corrected chi connectivity index (χ1v) is 12.7. The lowest BCUT2D eigenvalue weighted by atomic mass is 9.79. The first-order chi connectivity index (χ1) is 18.0. The van der Waals surface area contributed by atoms with E-state index in [9.17, 15) is 18.8 Å². The summed E-state index contributed by atoms with van der Waals surface area (Å²) < 4.78 is 20.2. The Kier molecular flexibility index (Phi) is 7.44. The number of ether oxygens (including phenoxy) is 1. The Labute approximate surface area is 221 Å². The molecule has 0 unspecified atom stereocenters. The van der Waals surface area contributed by atoms with Gasteiger partial charge in [0.25, 0.3) is 0 Å². The summed E-state index contributed by atoms with van der Waals surface area (Å²) in [6.07, 6.45) is 4.45. The molecule has 1 amide bonds. The van der Waals surface area contributed by atoms with Crippen LogP contribution in [0.3, 0.4) is 0 Å². The molecule has 2 aromatic heterocycles. The molecule has 1 spiro atoms. The molecule has 2 aliphatic rings. The van der Waals surface area contributed by atoms with Gasteiger partial charge in [-0.2, -0.15) is 5.10 Å². The second-order valence-corrected chi connectivity index (χ2v) is 10.6. The summed E-state index contributed by atoms with van der Waals surface area (Å²) in [6, 6.07) is 3.23. The van der Waals surface area contributed by atoms with Gasteiger partial charge in [0.05, 0.1) is 30.5 Å². The predicted molar refractivity (Wildman–Crippen MR) is 137 cm³/mol. The van der Waals surface area contributed by atoms with Crippen molar-refractivity contribution in [2.24, 2.45) is 0 Å². The summed E-state index contributed by atoms with van der Waals surface area (Å²) in [5.41, 5.74) is 0.253. The second-order valence-electron chi connectivity index (χ2n) is 10.6. The third-order valence-corrected chi connectivity index (χ3v) is 7.17. The van der Waals surface area contributed by atoms with E-state index in [0.29, 0.717) is 49.7 Å². The Hall–Kier alpha value is -3.94. The Morgan fingerprint density at radius 2 is 1.89 bits per heavy atom. The fourth-order valence-corrected chi connectivity index (χ4v) is 5.32. The molecule has 2 aliphatic heterocycles. The van der Waals surface area contributed by atoms with Crippen LogP contribution in [0.15, 0.2) is 42.1 Å². The maximum atomic E-state index is 13.4. The largest absolute Gasteiger partial charge is 0.444 e. The van der Waals surface area contributed by atoms with E-state index >= 15 is 0 Å². The average molecular weight is 525 g/mol. The number of hydrogen-bond donors (Lipinski definition) is 0. The van der Waals surface area contributed by atoms with Gasteiger partial charge in [0.15, 0.2) is 11.6 Å². The lowest BCUT2D eigenvalue weighted by molar-refractivity contribution is -0.00656. The third-order valence-electron chi connectivity index (χ3n) is 7.17. The molecule has 0 N–H and O–H groups in total. The number of carbonyl (C=O) groups is 1. The van der Waals surface area contributed by atoms with Crippen LogP contribution in [0.5, 0.6) is 0 Å². The molecular formula is C27H33FN6O4. The quantitative estimate of drug-likeness (QED) is 0.562. The number of likely N-dealkylation sites (tertiary alicyclic amines) is 1.